The number of ether oxygens (including phenoxy) is 1. The Kier molecular flexibility index (Phi) is 7.70. The lowest BCUT2D eigenvalue weighted by molar-refractivity contribution is -0.125. The molecule has 1 atom stereocenters. The summed E-state index contributed by atoms with van der Waals surface area (Å²) in [4.78, 5) is 26.7. The topological polar surface area (TPSA) is 112 Å². The number of nitrogens with zero attached hydrogens (tertiary/aromatic N) is 3. The average Bonchev–Trinajstić information content (AvgIpc) is 3.21. The molecule has 8 nitrogen and oxygen atoms in total. The largest absolute Gasteiger partial charge is 0.484 e. The van der Waals surface area contributed by atoms with Gasteiger partial charge < -0.3 is 14.9 Å². The molecule has 10 heteroatoms. The first-order valence-electron chi connectivity index (χ1n) is 10.1. The van der Waals surface area contributed by atoms with Crippen LogP contribution < -0.4 is 15.4 Å². The van der Waals surface area contributed by atoms with Crippen LogP contribution in [0.1, 0.15) is 26.7 Å². The van der Waals surface area contributed by atoms with Gasteiger partial charge >= 0.3 is 0 Å². The van der Waals surface area contributed by atoms with Crippen molar-refractivity contribution in [2.24, 2.45) is 11.1 Å². The Balaban J connectivity index is 1.72. The molecule has 0 bridgehead atoms. The lowest BCUT2D eigenvalue weighted by Gasteiger charge is -2.38. The van der Waals surface area contributed by atoms with E-state index in [1.165, 1.54) is 23.1 Å². The van der Waals surface area contributed by atoms with Gasteiger partial charge in [0.2, 0.25) is 11.8 Å². The summed E-state index contributed by atoms with van der Waals surface area (Å²) in [6.07, 6.45) is 0. The molecule has 1 heterocycles. The van der Waals surface area contributed by atoms with E-state index in [9.17, 15) is 14.0 Å². The smallest absolute Gasteiger partial charge is 0.277 e. The molecule has 0 saturated carbocycles. The minimum atomic E-state index is -0.995. The molecule has 3 aromatic rings. The monoisotopic (exact) mass is 472 g/mol. The predicted molar refractivity (Wildman–Crippen MR) is 122 cm³/mol. The summed E-state index contributed by atoms with van der Waals surface area (Å²) in [5.41, 5.74) is 5.19. The standard InChI is InChI=1S/C23H25FN4O4S/c1-23(2,3)20(21(25)30)28(16-9-7-8-15(24)12-16)19(29)14-33-22-27-26-18(32-22)13-31-17-10-5-4-6-11-17/h4-12,20H,13-14H2,1-3H3,(H2,25,30). The van der Waals surface area contributed by atoms with Crippen LogP contribution in [0.5, 0.6) is 5.75 Å². The van der Waals surface area contributed by atoms with Crippen LogP contribution in [-0.2, 0) is 16.2 Å². The van der Waals surface area contributed by atoms with Crippen LogP contribution in [0.3, 0.4) is 0 Å². The molecule has 1 unspecified atom stereocenters. The number of para-hydroxylation sites is 1. The molecule has 0 aliphatic rings. The minimum absolute atomic E-state index is 0.0781. The first-order chi connectivity index (χ1) is 15.6. The molecule has 0 spiro atoms. The Bertz CT molecular complexity index is 1100. The van der Waals surface area contributed by atoms with Crippen molar-refractivity contribution in [1.82, 2.24) is 10.2 Å². The summed E-state index contributed by atoms with van der Waals surface area (Å²) < 4.78 is 25.0. The summed E-state index contributed by atoms with van der Waals surface area (Å²) in [7, 11) is 0. The Hall–Kier alpha value is -3.40. The summed E-state index contributed by atoms with van der Waals surface area (Å²) >= 11 is 1.01. The predicted octanol–water partition coefficient (Wildman–Crippen LogP) is 3.81. The quantitative estimate of drug-likeness (QED) is 0.471. The first kappa shape index (κ1) is 24.2. The van der Waals surface area contributed by atoms with Gasteiger partial charge in [0.1, 0.15) is 17.6 Å². The number of aromatic nitrogens is 2. The van der Waals surface area contributed by atoms with E-state index < -0.39 is 29.1 Å². The zero-order valence-corrected chi connectivity index (χ0v) is 19.3. The summed E-state index contributed by atoms with van der Waals surface area (Å²) in [5.74, 6) is -0.897. The van der Waals surface area contributed by atoms with Gasteiger partial charge in [-0.2, -0.15) is 0 Å². The number of hydrogen-bond acceptors (Lipinski definition) is 7. The number of carbonyl (C=O) groups is 2. The van der Waals surface area contributed by atoms with E-state index in [0.29, 0.717) is 5.75 Å². The number of thioether (sulfide) groups is 1. The van der Waals surface area contributed by atoms with Crippen LogP contribution >= 0.6 is 11.8 Å². The third-order valence-corrected chi connectivity index (χ3v) is 5.38. The van der Waals surface area contributed by atoms with Gasteiger partial charge in [-0.05, 0) is 35.7 Å². The highest BCUT2D eigenvalue weighted by atomic mass is 32.2. The van der Waals surface area contributed by atoms with Crippen LogP contribution in [-0.4, -0.2) is 33.8 Å². The number of nitrogens with two attached hydrogens (primary N) is 1. The second-order valence-corrected chi connectivity index (χ2v) is 9.19. The maximum atomic E-state index is 13.9. The van der Waals surface area contributed by atoms with E-state index in [4.69, 9.17) is 14.9 Å². The number of rotatable bonds is 9. The van der Waals surface area contributed by atoms with Crippen molar-refractivity contribution in [2.45, 2.75) is 38.6 Å². The van der Waals surface area contributed by atoms with Gasteiger partial charge in [0.05, 0.1) is 5.75 Å². The molecule has 0 aliphatic carbocycles. The summed E-state index contributed by atoms with van der Waals surface area (Å²) in [6.45, 7) is 5.43. The minimum Gasteiger partial charge on any atom is -0.484 e. The maximum Gasteiger partial charge on any atom is 0.277 e. The highest BCUT2D eigenvalue weighted by molar-refractivity contribution is 7.99. The number of anilines is 1. The highest BCUT2D eigenvalue weighted by Crippen LogP contribution is 2.30. The van der Waals surface area contributed by atoms with E-state index in [1.54, 1.807) is 39.0 Å². The second-order valence-electron chi connectivity index (χ2n) is 8.27. The summed E-state index contributed by atoms with van der Waals surface area (Å²) in [6, 6.07) is 13.6. The van der Waals surface area contributed by atoms with Gasteiger partial charge in [-0.15, -0.1) is 10.2 Å². The van der Waals surface area contributed by atoms with E-state index in [0.717, 1.165) is 11.8 Å². The molecule has 33 heavy (non-hydrogen) atoms. The van der Waals surface area contributed by atoms with Crippen molar-refractivity contribution < 1.29 is 23.1 Å². The number of carbonyl (C=O) groups excluding carboxylic acids is 2. The fraction of sp³-hybridized carbons (Fsp3) is 0.304. The molecule has 2 aromatic carbocycles. The molecule has 174 valence electrons. The molecule has 1 aromatic heterocycles. The molecule has 0 aliphatic heterocycles. The fourth-order valence-electron chi connectivity index (χ4n) is 3.21. The lowest BCUT2D eigenvalue weighted by Crippen LogP contribution is -2.55. The van der Waals surface area contributed by atoms with Gasteiger partial charge in [-0.25, -0.2) is 4.39 Å². The number of hydrogen-bond donors (Lipinski definition) is 1. The van der Waals surface area contributed by atoms with Gasteiger partial charge in [0.25, 0.3) is 11.1 Å². The molecule has 0 saturated heterocycles. The molecular weight excluding hydrogens is 447 g/mol. The lowest BCUT2D eigenvalue weighted by atomic mass is 9.84. The molecule has 2 amide bonds. The van der Waals surface area contributed by atoms with Crippen molar-refractivity contribution >= 4 is 29.3 Å². The van der Waals surface area contributed by atoms with E-state index >= 15 is 0 Å². The van der Waals surface area contributed by atoms with Crippen molar-refractivity contribution in [3.63, 3.8) is 0 Å². The Morgan fingerprint density at radius 3 is 2.52 bits per heavy atom. The van der Waals surface area contributed by atoms with Crippen LogP contribution in [0.25, 0.3) is 0 Å². The zero-order chi connectivity index (χ0) is 24.0. The number of benzene rings is 2. The van der Waals surface area contributed by atoms with Crippen LogP contribution in [0, 0.1) is 11.2 Å². The average molecular weight is 473 g/mol. The van der Waals surface area contributed by atoms with Gasteiger partial charge in [-0.1, -0.05) is 56.8 Å². The first-order valence-corrected chi connectivity index (χ1v) is 11.1. The molecule has 3 rings (SSSR count). The van der Waals surface area contributed by atoms with Gasteiger partial charge in [0.15, 0.2) is 6.61 Å². The Morgan fingerprint density at radius 2 is 1.88 bits per heavy atom. The normalized spacial score (nSPS) is 12.2. The van der Waals surface area contributed by atoms with Gasteiger partial charge in [0, 0.05) is 5.69 Å². The highest BCUT2D eigenvalue weighted by Gasteiger charge is 2.39. The third kappa shape index (κ3) is 6.55. The molecule has 2 N–H and O–H groups in total. The van der Waals surface area contributed by atoms with Crippen molar-refractivity contribution in [2.75, 3.05) is 10.7 Å². The number of amides is 2. The molecule has 0 radical (unpaired) electrons. The second kappa shape index (κ2) is 10.5. The SMILES string of the molecule is CC(C)(C)C(C(N)=O)N(C(=O)CSc1nnc(COc2ccccc2)o1)c1cccc(F)c1. The Morgan fingerprint density at radius 1 is 1.15 bits per heavy atom. The van der Waals surface area contributed by atoms with Gasteiger partial charge in [-0.3, -0.25) is 14.5 Å². The van der Waals surface area contributed by atoms with Crippen LogP contribution in [0.2, 0.25) is 0 Å². The summed E-state index contributed by atoms with van der Waals surface area (Å²) in [5, 5.41) is 8.00. The fourth-order valence-corrected chi connectivity index (χ4v) is 3.85. The maximum absolute atomic E-state index is 13.9. The van der Waals surface area contributed by atoms with E-state index in [1.807, 2.05) is 18.2 Å². The molecular formula is C23H25FN4O4S. The van der Waals surface area contributed by atoms with E-state index in [-0.39, 0.29) is 29.2 Å². The van der Waals surface area contributed by atoms with Crippen molar-refractivity contribution in [1.29, 1.82) is 0 Å². The van der Waals surface area contributed by atoms with Crippen LogP contribution in [0.4, 0.5) is 10.1 Å². The number of primary amides is 1. The zero-order valence-electron chi connectivity index (χ0n) is 18.5. The van der Waals surface area contributed by atoms with E-state index in [2.05, 4.69) is 10.2 Å². The third-order valence-electron chi connectivity index (χ3n) is 4.58. The Labute approximate surface area is 195 Å². The van der Waals surface area contributed by atoms with Crippen LogP contribution in [0.15, 0.2) is 64.2 Å². The van der Waals surface area contributed by atoms with Crippen molar-refractivity contribution in [3.8, 4) is 5.75 Å². The van der Waals surface area contributed by atoms with Crippen molar-refractivity contribution in [3.05, 3.63) is 66.3 Å². The molecule has 0 fully saturated rings. The number of halogens is 1.